The minimum Gasteiger partial charge on any atom is -0.366 e. The number of carbonyl (C=O) groups is 2. The number of hydrogen-bond donors (Lipinski definition) is 1. The van der Waals surface area contributed by atoms with Crippen LogP contribution in [-0.2, 0) is 4.79 Å². The highest BCUT2D eigenvalue weighted by Crippen LogP contribution is 2.30. The molecule has 1 saturated heterocycles. The van der Waals surface area contributed by atoms with E-state index in [9.17, 15) is 9.59 Å². The Balaban J connectivity index is 1.78. The summed E-state index contributed by atoms with van der Waals surface area (Å²) in [5, 5.41) is 3.55. The maximum atomic E-state index is 12.7. The summed E-state index contributed by atoms with van der Waals surface area (Å²) in [6.07, 6.45) is 0.526. The van der Waals surface area contributed by atoms with Crippen molar-refractivity contribution in [2.24, 2.45) is 0 Å². The lowest BCUT2D eigenvalue weighted by atomic mass is 10.1. The third-order valence-corrected chi connectivity index (χ3v) is 5.48. The van der Waals surface area contributed by atoms with Crippen molar-refractivity contribution in [3.8, 4) is 0 Å². The van der Waals surface area contributed by atoms with Gasteiger partial charge in [-0.15, -0.1) is 0 Å². The number of nitrogens with one attached hydrogen (secondary N) is 1. The molecule has 0 unspecified atom stereocenters. The third-order valence-electron chi connectivity index (χ3n) is 4.57. The van der Waals surface area contributed by atoms with Crippen molar-refractivity contribution in [3.05, 3.63) is 56.6 Å². The second-order valence-corrected chi connectivity index (χ2v) is 8.03. The van der Waals surface area contributed by atoms with E-state index in [4.69, 9.17) is 11.6 Å². The van der Waals surface area contributed by atoms with E-state index in [0.29, 0.717) is 35.8 Å². The van der Waals surface area contributed by atoms with E-state index in [2.05, 4.69) is 32.8 Å². The summed E-state index contributed by atoms with van der Waals surface area (Å²) in [6, 6.07) is 12.9. The number of carbonyl (C=O) groups excluding carboxylic acids is 2. The van der Waals surface area contributed by atoms with Crippen molar-refractivity contribution >= 4 is 57.4 Å². The van der Waals surface area contributed by atoms with Gasteiger partial charge in [0.1, 0.15) is 0 Å². The molecule has 2 aromatic rings. The molecule has 1 heterocycles. The first-order valence-corrected chi connectivity index (χ1v) is 10.3. The molecule has 0 bridgehead atoms. The first-order chi connectivity index (χ1) is 13.0. The summed E-state index contributed by atoms with van der Waals surface area (Å²) >= 11 is 8.36. The lowest BCUT2D eigenvalue weighted by Crippen LogP contribution is -2.48. The predicted molar refractivity (Wildman–Crippen MR) is 118 cm³/mol. The molecule has 2 amide bonds. The van der Waals surface area contributed by atoms with E-state index in [1.54, 1.807) is 12.1 Å². The van der Waals surface area contributed by atoms with Crippen LogP contribution in [0.3, 0.4) is 0 Å². The first kappa shape index (κ1) is 19.9. The molecule has 0 spiro atoms. The molecule has 1 N–H and O–H groups in total. The van der Waals surface area contributed by atoms with Crippen molar-refractivity contribution in [3.63, 3.8) is 0 Å². The number of piperazine rings is 1. The zero-order chi connectivity index (χ0) is 19.4. The number of benzene rings is 2. The molecule has 0 aromatic heterocycles. The molecule has 7 heteroatoms. The molecule has 0 radical (unpaired) electrons. The van der Waals surface area contributed by atoms with Crippen LogP contribution in [0.1, 0.15) is 23.7 Å². The molecule has 2 aromatic carbocycles. The zero-order valence-corrected chi connectivity index (χ0v) is 18.0. The van der Waals surface area contributed by atoms with Crippen LogP contribution in [0.25, 0.3) is 0 Å². The Morgan fingerprint density at radius 1 is 1.11 bits per heavy atom. The van der Waals surface area contributed by atoms with E-state index in [0.717, 1.165) is 22.3 Å². The minimum absolute atomic E-state index is 0.170. The number of hydrogen-bond acceptors (Lipinski definition) is 3. The van der Waals surface area contributed by atoms with Gasteiger partial charge in [-0.05, 0) is 59.0 Å². The lowest BCUT2D eigenvalue weighted by Gasteiger charge is -2.37. The molecule has 1 aliphatic heterocycles. The van der Waals surface area contributed by atoms with Gasteiger partial charge in [-0.1, -0.05) is 24.6 Å². The number of amides is 2. The number of nitrogens with zero attached hydrogens (tertiary/aromatic N) is 2. The van der Waals surface area contributed by atoms with Gasteiger partial charge in [-0.2, -0.15) is 0 Å². The highest BCUT2D eigenvalue weighted by molar-refractivity contribution is 14.1. The highest BCUT2D eigenvalue weighted by Gasteiger charge is 2.22. The van der Waals surface area contributed by atoms with E-state index < -0.39 is 0 Å². The first-order valence-electron chi connectivity index (χ1n) is 8.87. The Bertz CT molecular complexity index is 851. The lowest BCUT2D eigenvalue weighted by molar-refractivity contribution is -0.131. The molecule has 3 rings (SSSR count). The van der Waals surface area contributed by atoms with E-state index >= 15 is 0 Å². The van der Waals surface area contributed by atoms with Crippen LogP contribution in [0.4, 0.5) is 11.4 Å². The van der Waals surface area contributed by atoms with Crippen molar-refractivity contribution < 1.29 is 9.59 Å². The van der Waals surface area contributed by atoms with Crippen LogP contribution in [0.15, 0.2) is 42.5 Å². The van der Waals surface area contributed by atoms with Crippen LogP contribution < -0.4 is 10.2 Å². The van der Waals surface area contributed by atoms with Crippen LogP contribution in [-0.4, -0.2) is 42.9 Å². The van der Waals surface area contributed by atoms with Gasteiger partial charge >= 0.3 is 0 Å². The maximum Gasteiger partial charge on any atom is 0.255 e. The van der Waals surface area contributed by atoms with E-state index in [1.807, 2.05) is 42.2 Å². The third kappa shape index (κ3) is 4.93. The predicted octanol–water partition coefficient (Wildman–Crippen LogP) is 4.26. The van der Waals surface area contributed by atoms with Crippen molar-refractivity contribution in [1.82, 2.24) is 4.90 Å². The average molecular weight is 498 g/mol. The van der Waals surface area contributed by atoms with Gasteiger partial charge in [-0.3, -0.25) is 9.59 Å². The molecule has 142 valence electrons. The summed E-state index contributed by atoms with van der Waals surface area (Å²) in [7, 11) is 0. The van der Waals surface area contributed by atoms with Gasteiger partial charge in [0, 0.05) is 46.8 Å². The Morgan fingerprint density at radius 3 is 2.52 bits per heavy atom. The summed E-state index contributed by atoms with van der Waals surface area (Å²) in [6.45, 7) is 4.68. The fraction of sp³-hybridized carbons (Fsp3) is 0.300. The van der Waals surface area contributed by atoms with Gasteiger partial charge in [0.2, 0.25) is 5.91 Å². The van der Waals surface area contributed by atoms with Crippen molar-refractivity contribution in [1.29, 1.82) is 0 Å². The van der Waals surface area contributed by atoms with Crippen molar-refractivity contribution in [2.45, 2.75) is 13.3 Å². The summed E-state index contributed by atoms with van der Waals surface area (Å²) in [5.41, 5.74) is 2.20. The van der Waals surface area contributed by atoms with Gasteiger partial charge in [0.05, 0.1) is 11.4 Å². The standard InChI is InChI=1S/C20H21ClIN3O2/c1-2-19(26)25-10-8-24(9-11-25)18-7-6-15(21)13-17(18)23-20(27)14-4-3-5-16(22)12-14/h3-7,12-13H,2,8-11H2,1H3,(H,23,27). The largest absolute Gasteiger partial charge is 0.366 e. The second-order valence-electron chi connectivity index (χ2n) is 6.35. The number of halogens is 2. The summed E-state index contributed by atoms with van der Waals surface area (Å²) < 4.78 is 1.00. The normalized spacial score (nSPS) is 14.2. The smallest absolute Gasteiger partial charge is 0.255 e. The SMILES string of the molecule is CCC(=O)N1CCN(c2ccc(Cl)cc2NC(=O)c2cccc(I)c2)CC1. The maximum absolute atomic E-state index is 12.7. The zero-order valence-electron chi connectivity index (χ0n) is 15.0. The Hall–Kier alpha value is -1.80. The van der Waals surface area contributed by atoms with E-state index in [1.165, 1.54) is 0 Å². The average Bonchev–Trinajstić information content (AvgIpc) is 2.67. The summed E-state index contributed by atoms with van der Waals surface area (Å²) in [5.74, 6) is 0.00907. The topological polar surface area (TPSA) is 52.7 Å². The highest BCUT2D eigenvalue weighted by atomic mass is 127. The molecule has 27 heavy (non-hydrogen) atoms. The molecular weight excluding hydrogens is 477 g/mol. The number of anilines is 2. The van der Waals surface area contributed by atoms with Crippen molar-refractivity contribution in [2.75, 3.05) is 36.4 Å². The molecule has 0 atom stereocenters. The van der Waals surface area contributed by atoms with Gasteiger partial charge < -0.3 is 15.1 Å². The molecule has 1 fully saturated rings. The van der Waals surface area contributed by atoms with Crippen LogP contribution in [0.5, 0.6) is 0 Å². The Kier molecular flexibility index (Phi) is 6.59. The van der Waals surface area contributed by atoms with Gasteiger partial charge in [0.25, 0.3) is 5.91 Å². The fourth-order valence-corrected chi connectivity index (χ4v) is 3.84. The molecule has 0 aliphatic carbocycles. The van der Waals surface area contributed by atoms with Crippen LogP contribution >= 0.6 is 34.2 Å². The number of rotatable bonds is 4. The van der Waals surface area contributed by atoms with Gasteiger partial charge in [0.15, 0.2) is 0 Å². The molecule has 0 saturated carbocycles. The molecule has 5 nitrogen and oxygen atoms in total. The van der Waals surface area contributed by atoms with Crippen LogP contribution in [0.2, 0.25) is 5.02 Å². The quantitative estimate of drug-likeness (QED) is 0.643. The fourth-order valence-electron chi connectivity index (χ4n) is 3.13. The summed E-state index contributed by atoms with van der Waals surface area (Å²) in [4.78, 5) is 28.6. The van der Waals surface area contributed by atoms with Crippen LogP contribution in [0, 0.1) is 3.57 Å². The second kappa shape index (κ2) is 8.93. The molecular formula is C20H21ClIN3O2. The van der Waals surface area contributed by atoms with Gasteiger partial charge in [-0.25, -0.2) is 0 Å². The Labute approximate surface area is 177 Å². The van der Waals surface area contributed by atoms with E-state index in [-0.39, 0.29) is 11.8 Å². The monoisotopic (exact) mass is 497 g/mol. The Morgan fingerprint density at radius 2 is 1.85 bits per heavy atom. The minimum atomic E-state index is -0.170. The molecule has 1 aliphatic rings.